The zero-order chi connectivity index (χ0) is 17.0. The topological polar surface area (TPSA) is 142 Å². The van der Waals surface area contributed by atoms with Crippen molar-refractivity contribution in [3.05, 3.63) is 21.9 Å². The van der Waals surface area contributed by atoms with E-state index in [1.165, 1.54) is 0 Å². The molecule has 2 bridgehead atoms. The molecule has 4 rings (SSSR count). The zero-order valence-electron chi connectivity index (χ0n) is 11.9. The van der Waals surface area contributed by atoms with Crippen LogP contribution in [0.1, 0.15) is 42.0 Å². The minimum absolute atomic E-state index is 0.000747. The third-order valence-electron chi connectivity index (χ3n) is 4.56. The molecule has 23 heavy (non-hydrogen) atoms. The van der Waals surface area contributed by atoms with Crippen molar-refractivity contribution in [1.29, 1.82) is 0 Å². The van der Waals surface area contributed by atoms with Gasteiger partial charge in [0, 0.05) is 0 Å². The average Bonchev–Trinajstić information content (AvgIpc) is 2.65. The van der Waals surface area contributed by atoms with E-state index in [1.54, 1.807) is 0 Å². The van der Waals surface area contributed by atoms with Crippen LogP contribution in [0.25, 0.3) is 0 Å². The molecule has 10 heteroatoms. The molecule has 3 aliphatic rings. The van der Waals surface area contributed by atoms with Crippen molar-refractivity contribution in [2.45, 2.75) is 43.4 Å². The number of aromatic carboxylic acids is 1. The molecule has 0 saturated heterocycles. The van der Waals surface area contributed by atoms with Gasteiger partial charge in [-0.15, -0.1) is 0 Å². The number of hydrogen-bond donors (Lipinski definition) is 4. The van der Waals surface area contributed by atoms with Gasteiger partial charge in [-0.2, -0.15) is 0 Å². The van der Waals surface area contributed by atoms with Gasteiger partial charge >= 0.3 is 12.1 Å². The second kappa shape index (κ2) is 4.67. The van der Waals surface area contributed by atoms with Gasteiger partial charge in [-0.1, -0.05) is 0 Å². The van der Waals surface area contributed by atoms with Crippen molar-refractivity contribution < 1.29 is 29.3 Å². The first-order valence-electron chi connectivity index (χ1n) is 6.95. The first-order chi connectivity index (χ1) is 10.7. The number of hydrogen-bond acceptors (Lipinski definition) is 5. The lowest BCUT2D eigenvalue weighted by atomic mass is 9.76. The lowest BCUT2D eigenvalue weighted by molar-refractivity contribution is 0.0619. The summed E-state index contributed by atoms with van der Waals surface area (Å²) in [7, 11) is 0. The smallest absolute Gasteiger partial charge is 0.405 e. The summed E-state index contributed by atoms with van der Waals surface area (Å²) in [5.74, 6) is -2.88. The van der Waals surface area contributed by atoms with Gasteiger partial charge in [0.2, 0.25) is 5.75 Å². The molecule has 0 aromatic carbocycles. The number of halogens is 1. The Morgan fingerprint density at radius 2 is 1.83 bits per heavy atom. The zero-order valence-corrected chi connectivity index (χ0v) is 11.9. The molecule has 124 valence electrons. The van der Waals surface area contributed by atoms with E-state index in [2.05, 4.69) is 10.3 Å². The molecular formula is C13H14FN3O6. The lowest BCUT2D eigenvalue weighted by Crippen LogP contribution is -2.50. The van der Waals surface area contributed by atoms with E-state index < -0.39 is 46.8 Å². The van der Waals surface area contributed by atoms with E-state index in [9.17, 15) is 23.9 Å². The lowest BCUT2D eigenvalue weighted by Gasteiger charge is -2.37. The van der Waals surface area contributed by atoms with E-state index in [4.69, 9.17) is 10.2 Å². The van der Waals surface area contributed by atoms with Crippen LogP contribution in [0.2, 0.25) is 0 Å². The summed E-state index contributed by atoms with van der Waals surface area (Å²) in [5.41, 5.74) is -5.03. The normalized spacial score (nSPS) is 28.7. The molecule has 9 nitrogen and oxygen atoms in total. The highest BCUT2D eigenvalue weighted by Crippen LogP contribution is 2.46. The van der Waals surface area contributed by atoms with Crippen molar-refractivity contribution >= 4 is 12.1 Å². The number of alkyl halides is 1. The number of carboxylic acids is 1. The molecule has 0 spiro atoms. The van der Waals surface area contributed by atoms with Gasteiger partial charge in [-0.25, -0.2) is 19.0 Å². The number of carboxylic acid groups (broad SMARTS) is 2. The Morgan fingerprint density at radius 3 is 2.35 bits per heavy atom. The van der Waals surface area contributed by atoms with E-state index in [0.29, 0.717) is 0 Å². The van der Waals surface area contributed by atoms with Crippen LogP contribution in [0.5, 0.6) is 5.75 Å². The quantitative estimate of drug-likeness (QED) is 0.616. The van der Waals surface area contributed by atoms with Gasteiger partial charge in [0.25, 0.3) is 5.56 Å². The van der Waals surface area contributed by atoms with Crippen LogP contribution in [0.3, 0.4) is 0 Å². The van der Waals surface area contributed by atoms with Crippen LogP contribution >= 0.6 is 0 Å². The molecular weight excluding hydrogens is 313 g/mol. The number of nitrogens with zero attached hydrogens (tertiary/aromatic N) is 2. The number of fused-ring (bicyclic) bond motifs is 2. The van der Waals surface area contributed by atoms with E-state index >= 15 is 0 Å². The molecule has 1 aromatic heterocycles. The fourth-order valence-corrected chi connectivity index (χ4v) is 3.38. The molecule has 0 radical (unpaired) electrons. The van der Waals surface area contributed by atoms with E-state index in [0.717, 1.165) is 4.57 Å². The average molecular weight is 327 g/mol. The minimum atomic E-state index is -1.72. The summed E-state index contributed by atoms with van der Waals surface area (Å²) >= 11 is 0. The van der Waals surface area contributed by atoms with Gasteiger partial charge in [0.05, 0.1) is 6.54 Å². The van der Waals surface area contributed by atoms with Crippen molar-refractivity contribution in [2.75, 3.05) is 0 Å². The maximum Gasteiger partial charge on any atom is 0.405 e. The SMILES string of the molecule is O=C(O)NC12CCC(F)(CC1)Cn1c2nc(C(=O)O)c(O)c1=O. The van der Waals surface area contributed by atoms with Crippen molar-refractivity contribution in [3.63, 3.8) is 0 Å². The number of carbonyl (C=O) groups is 2. The molecule has 0 unspecified atom stereocenters. The Bertz CT molecular complexity index is 766. The van der Waals surface area contributed by atoms with Crippen molar-refractivity contribution in [3.8, 4) is 5.75 Å². The highest BCUT2D eigenvalue weighted by atomic mass is 19.1. The van der Waals surface area contributed by atoms with Crippen molar-refractivity contribution in [2.24, 2.45) is 0 Å². The molecule has 1 aromatic rings. The molecule has 1 fully saturated rings. The monoisotopic (exact) mass is 327 g/mol. The number of amides is 1. The summed E-state index contributed by atoms with van der Waals surface area (Å²) in [6.07, 6.45) is -1.29. The Kier molecular flexibility index (Phi) is 3.10. The van der Waals surface area contributed by atoms with E-state index in [-0.39, 0.29) is 31.5 Å². The second-order valence-electron chi connectivity index (χ2n) is 5.99. The standard InChI is InChI=1S/C13H14FN3O6/c14-12-1-3-13(4-2-12,16-11(22)23)10-15-6(9(20)21)7(18)8(19)17(10)5-12/h16,18H,1-5H2,(H,20,21)(H,22,23). The molecule has 2 aliphatic heterocycles. The number of aromatic hydroxyl groups is 1. The summed E-state index contributed by atoms with van der Waals surface area (Å²) in [6, 6.07) is 0. The second-order valence-corrected chi connectivity index (χ2v) is 5.99. The Hall–Kier alpha value is -2.65. The maximum atomic E-state index is 14.8. The molecule has 1 amide bonds. The van der Waals surface area contributed by atoms with Gasteiger partial charge in [-0.05, 0) is 25.7 Å². The molecule has 4 N–H and O–H groups in total. The van der Waals surface area contributed by atoms with Crippen LogP contribution in [0.15, 0.2) is 4.79 Å². The summed E-state index contributed by atoms with van der Waals surface area (Å²) in [5, 5.41) is 30.1. The fourth-order valence-electron chi connectivity index (χ4n) is 3.38. The summed E-state index contributed by atoms with van der Waals surface area (Å²) < 4.78 is 15.6. The highest BCUT2D eigenvalue weighted by Gasteiger charge is 2.52. The van der Waals surface area contributed by atoms with E-state index in [1.807, 2.05) is 0 Å². The van der Waals surface area contributed by atoms with Gasteiger partial charge in [0.15, 0.2) is 5.69 Å². The fraction of sp³-hybridized carbons (Fsp3) is 0.538. The maximum absolute atomic E-state index is 14.8. The predicted octanol–water partition coefficient (Wildman–Crippen LogP) is 0.406. The first kappa shape index (κ1) is 15.3. The van der Waals surface area contributed by atoms with Crippen molar-refractivity contribution in [1.82, 2.24) is 14.9 Å². The molecule has 0 atom stereocenters. The Labute approximate surface area is 128 Å². The highest BCUT2D eigenvalue weighted by molar-refractivity contribution is 5.88. The predicted molar refractivity (Wildman–Crippen MR) is 72.3 cm³/mol. The van der Waals surface area contributed by atoms with Gasteiger partial charge in [0.1, 0.15) is 17.0 Å². The third kappa shape index (κ3) is 2.21. The number of aromatic nitrogens is 2. The first-order valence-corrected chi connectivity index (χ1v) is 6.95. The van der Waals surface area contributed by atoms with Crippen LogP contribution in [-0.2, 0) is 12.1 Å². The summed E-state index contributed by atoms with van der Waals surface area (Å²) in [6.45, 7) is -0.398. The van der Waals surface area contributed by atoms with Crippen LogP contribution in [0.4, 0.5) is 9.18 Å². The summed E-state index contributed by atoms with van der Waals surface area (Å²) in [4.78, 5) is 38.3. The third-order valence-corrected chi connectivity index (χ3v) is 4.56. The Balaban J connectivity index is 2.31. The van der Waals surface area contributed by atoms with Gasteiger partial charge in [-0.3, -0.25) is 9.36 Å². The molecule has 1 aliphatic carbocycles. The largest absolute Gasteiger partial charge is 0.501 e. The van der Waals surface area contributed by atoms with Gasteiger partial charge < -0.3 is 20.6 Å². The Morgan fingerprint density at radius 1 is 1.22 bits per heavy atom. The number of rotatable bonds is 2. The van der Waals surface area contributed by atoms with Crippen LogP contribution in [0, 0.1) is 0 Å². The molecule has 3 heterocycles. The minimum Gasteiger partial charge on any atom is -0.501 e. The molecule has 1 saturated carbocycles. The van der Waals surface area contributed by atoms with Crippen LogP contribution < -0.4 is 10.9 Å². The number of nitrogens with one attached hydrogen (secondary N) is 1. The van der Waals surface area contributed by atoms with Crippen LogP contribution in [-0.4, -0.2) is 42.6 Å².